The van der Waals surface area contributed by atoms with Gasteiger partial charge in [-0.25, -0.2) is 0 Å². The molecule has 0 spiro atoms. The van der Waals surface area contributed by atoms with Crippen LogP contribution in [-0.4, -0.2) is 64.7 Å². The van der Waals surface area contributed by atoms with E-state index in [2.05, 4.69) is 25.8 Å². The molecule has 5 heteroatoms. The maximum absolute atomic E-state index is 12.2. The van der Waals surface area contributed by atoms with Crippen LogP contribution in [0.5, 0.6) is 0 Å². The molecule has 122 valence electrons. The first kappa shape index (κ1) is 16.7. The van der Waals surface area contributed by atoms with E-state index in [1.807, 2.05) is 11.8 Å². The number of aliphatic hydroxyl groups is 1. The minimum atomic E-state index is -0.386. The van der Waals surface area contributed by atoms with E-state index < -0.39 is 0 Å². The molecule has 1 unspecified atom stereocenters. The van der Waals surface area contributed by atoms with Crippen LogP contribution in [0.3, 0.4) is 0 Å². The van der Waals surface area contributed by atoms with Crippen LogP contribution in [0.15, 0.2) is 0 Å². The van der Waals surface area contributed by atoms with Crippen molar-refractivity contribution < 1.29 is 9.90 Å². The van der Waals surface area contributed by atoms with Crippen LogP contribution in [0.25, 0.3) is 0 Å². The molecule has 0 aromatic carbocycles. The second kappa shape index (κ2) is 6.63. The topological polar surface area (TPSA) is 69.8 Å². The summed E-state index contributed by atoms with van der Waals surface area (Å²) in [6.07, 6.45) is 3.37. The SMILES string of the molecule is CC(O)[C@H]1C[C@H](N(C)C(C)C)CC[C@@H]1N1CC[C@H](N)C1=O. The first-order valence-electron chi connectivity index (χ1n) is 8.29. The van der Waals surface area contributed by atoms with Gasteiger partial charge in [-0.3, -0.25) is 4.79 Å². The standard InChI is InChI=1S/C16H31N3O2/c1-10(2)18(4)12-5-6-15(13(9-12)11(3)20)19-8-7-14(17)16(19)21/h10-15,20H,5-9,17H2,1-4H3/t11?,12-,13-,14+,15+/m1/s1. The molecule has 3 N–H and O–H groups in total. The molecule has 0 aromatic rings. The molecule has 0 bridgehead atoms. The molecule has 0 aromatic heterocycles. The predicted octanol–water partition coefficient (Wildman–Crippen LogP) is 0.804. The van der Waals surface area contributed by atoms with Gasteiger partial charge in [0.1, 0.15) is 0 Å². The molecular weight excluding hydrogens is 266 g/mol. The fourth-order valence-electron chi connectivity index (χ4n) is 3.92. The van der Waals surface area contributed by atoms with Crippen molar-refractivity contribution in [2.24, 2.45) is 11.7 Å². The lowest BCUT2D eigenvalue weighted by Crippen LogP contribution is -2.53. The Hall–Kier alpha value is -0.650. The summed E-state index contributed by atoms with van der Waals surface area (Å²) in [4.78, 5) is 16.5. The zero-order chi connectivity index (χ0) is 15.7. The molecule has 1 saturated heterocycles. The summed E-state index contributed by atoms with van der Waals surface area (Å²) >= 11 is 0. The zero-order valence-electron chi connectivity index (χ0n) is 13.8. The van der Waals surface area contributed by atoms with E-state index in [0.29, 0.717) is 12.1 Å². The average molecular weight is 297 g/mol. The summed E-state index contributed by atoms with van der Waals surface area (Å²) in [5.41, 5.74) is 5.85. The number of nitrogens with two attached hydrogens (primary N) is 1. The van der Waals surface area contributed by atoms with E-state index in [9.17, 15) is 9.90 Å². The van der Waals surface area contributed by atoms with Gasteiger partial charge in [-0.2, -0.15) is 0 Å². The van der Waals surface area contributed by atoms with Crippen LogP contribution in [0.1, 0.15) is 46.5 Å². The van der Waals surface area contributed by atoms with Crippen molar-refractivity contribution in [2.75, 3.05) is 13.6 Å². The van der Waals surface area contributed by atoms with Crippen molar-refractivity contribution >= 4 is 5.91 Å². The number of amides is 1. The normalized spacial score (nSPS) is 35.8. The molecule has 1 saturated carbocycles. The monoisotopic (exact) mass is 297 g/mol. The number of aliphatic hydroxyl groups excluding tert-OH is 1. The van der Waals surface area contributed by atoms with Gasteiger partial charge in [0, 0.05) is 30.6 Å². The second-order valence-electron chi connectivity index (χ2n) is 7.12. The Kier molecular flexibility index (Phi) is 5.28. The first-order chi connectivity index (χ1) is 9.82. The summed E-state index contributed by atoms with van der Waals surface area (Å²) in [5.74, 6) is 0.223. The van der Waals surface area contributed by atoms with Crippen LogP contribution >= 0.6 is 0 Å². The summed E-state index contributed by atoms with van der Waals surface area (Å²) in [5, 5.41) is 10.2. The Morgan fingerprint density at radius 3 is 2.43 bits per heavy atom. The Morgan fingerprint density at radius 1 is 1.29 bits per heavy atom. The minimum Gasteiger partial charge on any atom is -0.393 e. The van der Waals surface area contributed by atoms with E-state index in [1.165, 1.54) is 0 Å². The van der Waals surface area contributed by atoms with Gasteiger partial charge < -0.3 is 20.6 Å². The van der Waals surface area contributed by atoms with Crippen LogP contribution in [0.4, 0.5) is 0 Å². The maximum atomic E-state index is 12.2. The molecule has 1 aliphatic heterocycles. The molecular formula is C16H31N3O2. The highest BCUT2D eigenvalue weighted by molar-refractivity contribution is 5.84. The van der Waals surface area contributed by atoms with Gasteiger partial charge >= 0.3 is 0 Å². The highest BCUT2D eigenvalue weighted by Gasteiger charge is 2.42. The minimum absolute atomic E-state index is 0.0707. The molecule has 5 atom stereocenters. The fourth-order valence-corrected chi connectivity index (χ4v) is 3.92. The Labute approximate surface area is 128 Å². The quantitative estimate of drug-likeness (QED) is 0.805. The van der Waals surface area contributed by atoms with Crippen molar-refractivity contribution in [3.8, 4) is 0 Å². The van der Waals surface area contributed by atoms with Gasteiger partial charge in [0.2, 0.25) is 5.91 Å². The number of carbonyl (C=O) groups is 1. The third-order valence-electron chi connectivity index (χ3n) is 5.53. The number of nitrogens with zero attached hydrogens (tertiary/aromatic N) is 2. The maximum Gasteiger partial charge on any atom is 0.239 e. The summed E-state index contributed by atoms with van der Waals surface area (Å²) in [6.45, 7) is 7.01. The van der Waals surface area contributed by atoms with Gasteiger partial charge in [0.05, 0.1) is 12.1 Å². The molecule has 2 rings (SSSR count). The average Bonchev–Trinajstić information content (AvgIpc) is 2.77. The number of hydrogen-bond acceptors (Lipinski definition) is 4. The highest BCUT2D eigenvalue weighted by atomic mass is 16.3. The van der Waals surface area contributed by atoms with Crippen LogP contribution in [0, 0.1) is 5.92 Å². The van der Waals surface area contributed by atoms with Crippen molar-refractivity contribution in [3.63, 3.8) is 0 Å². The van der Waals surface area contributed by atoms with Crippen LogP contribution in [0.2, 0.25) is 0 Å². The lowest BCUT2D eigenvalue weighted by molar-refractivity contribution is -0.134. The third-order valence-corrected chi connectivity index (χ3v) is 5.53. The number of carbonyl (C=O) groups excluding carboxylic acids is 1. The number of rotatable bonds is 4. The largest absolute Gasteiger partial charge is 0.393 e. The lowest BCUT2D eigenvalue weighted by Gasteiger charge is -2.45. The van der Waals surface area contributed by atoms with Gasteiger partial charge in [0.15, 0.2) is 0 Å². The van der Waals surface area contributed by atoms with Crippen LogP contribution < -0.4 is 5.73 Å². The fraction of sp³-hybridized carbons (Fsp3) is 0.938. The summed E-state index contributed by atoms with van der Waals surface area (Å²) in [7, 11) is 2.16. The molecule has 0 radical (unpaired) electrons. The van der Waals surface area contributed by atoms with Gasteiger partial charge in [0.25, 0.3) is 0 Å². The van der Waals surface area contributed by atoms with E-state index in [1.54, 1.807) is 0 Å². The summed E-state index contributed by atoms with van der Waals surface area (Å²) in [6, 6.07) is 0.814. The summed E-state index contributed by atoms with van der Waals surface area (Å²) < 4.78 is 0. The third kappa shape index (κ3) is 3.41. The molecule has 1 aliphatic carbocycles. The first-order valence-corrected chi connectivity index (χ1v) is 8.29. The van der Waals surface area contributed by atoms with Crippen molar-refractivity contribution in [1.29, 1.82) is 0 Å². The van der Waals surface area contributed by atoms with Crippen molar-refractivity contribution in [1.82, 2.24) is 9.80 Å². The van der Waals surface area contributed by atoms with Gasteiger partial charge in [-0.05, 0) is 53.5 Å². The van der Waals surface area contributed by atoms with Crippen LogP contribution in [-0.2, 0) is 4.79 Å². The Bertz CT molecular complexity index is 373. The molecule has 2 fully saturated rings. The number of hydrogen-bond donors (Lipinski definition) is 2. The highest BCUT2D eigenvalue weighted by Crippen LogP contribution is 2.35. The van der Waals surface area contributed by atoms with Crippen molar-refractivity contribution in [3.05, 3.63) is 0 Å². The van der Waals surface area contributed by atoms with E-state index in [-0.39, 0.29) is 30.0 Å². The molecule has 2 aliphatic rings. The lowest BCUT2D eigenvalue weighted by atomic mass is 9.77. The Balaban J connectivity index is 2.09. The molecule has 1 amide bonds. The van der Waals surface area contributed by atoms with Gasteiger partial charge in [-0.15, -0.1) is 0 Å². The molecule has 5 nitrogen and oxygen atoms in total. The number of likely N-dealkylation sites (tertiary alicyclic amines) is 1. The molecule has 1 heterocycles. The smallest absolute Gasteiger partial charge is 0.239 e. The van der Waals surface area contributed by atoms with Gasteiger partial charge in [-0.1, -0.05) is 0 Å². The van der Waals surface area contributed by atoms with E-state index in [4.69, 9.17) is 5.73 Å². The van der Waals surface area contributed by atoms with Crippen molar-refractivity contribution in [2.45, 2.75) is 76.7 Å². The zero-order valence-corrected chi connectivity index (χ0v) is 13.8. The van der Waals surface area contributed by atoms with E-state index in [0.717, 1.165) is 32.2 Å². The molecule has 21 heavy (non-hydrogen) atoms. The van der Waals surface area contributed by atoms with E-state index >= 15 is 0 Å². The predicted molar refractivity (Wildman–Crippen MR) is 83.8 cm³/mol. The Morgan fingerprint density at radius 2 is 1.95 bits per heavy atom. The second-order valence-corrected chi connectivity index (χ2v) is 7.12.